The van der Waals surface area contributed by atoms with Crippen molar-refractivity contribution in [3.05, 3.63) is 53.8 Å². The molecule has 0 radical (unpaired) electrons. The highest BCUT2D eigenvalue weighted by Crippen LogP contribution is 2.29. The summed E-state index contributed by atoms with van der Waals surface area (Å²) in [5, 5.41) is 10.0. The number of nitrogens with zero attached hydrogens (tertiary/aromatic N) is 2. The third kappa shape index (κ3) is 8.63. The minimum atomic E-state index is -4.04. The Labute approximate surface area is 237 Å². The van der Waals surface area contributed by atoms with Crippen molar-refractivity contribution in [2.45, 2.75) is 63.2 Å². The van der Waals surface area contributed by atoms with E-state index in [1.807, 2.05) is 27.9 Å². The largest absolute Gasteiger partial charge is 0.490 e. The summed E-state index contributed by atoms with van der Waals surface area (Å²) in [5.41, 5.74) is 0.341. The number of carbonyl (C=O) groups is 1. The lowest BCUT2D eigenvalue weighted by molar-refractivity contribution is -0.0137. The predicted octanol–water partition coefficient (Wildman–Crippen LogP) is 3.98. The minimum Gasteiger partial charge on any atom is -0.490 e. The van der Waals surface area contributed by atoms with Crippen LogP contribution in [-0.2, 0) is 14.8 Å². The number of likely N-dealkylation sites (N-methyl/N-ethyl adjacent to an activating group) is 1. The molecule has 11 heteroatoms. The normalized spacial score (nSPS) is 22.2. The molecule has 2 N–H and O–H groups in total. The topological polar surface area (TPSA) is 108 Å². The molecule has 0 aromatic heterocycles. The lowest BCUT2D eigenvalue weighted by Crippen LogP contribution is -2.47. The molecule has 40 heavy (non-hydrogen) atoms. The number of fused-ring (bicyclic) bond motifs is 1. The molecule has 1 aliphatic rings. The van der Waals surface area contributed by atoms with Gasteiger partial charge in [0.05, 0.1) is 35.3 Å². The van der Waals surface area contributed by atoms with Gasteiger partial charge in [0.15, 0.2) is 0 Å². The van der Waals surface area contributed by atoms with E-state index in [2.05, 4.69) is 9.62 Å². The van der Waals surface area contributed by atoms with Crippen LogP contribution in [0.15, 0.2) is 47.4 Å². The van der Waals surface area contributed by atoms with Crippen LogP contribution in [0.1, 0.15) is 50.4 Å². The van der Waals surface area contributed by atoms with Crippen molar-refractivity contribution in [2.75, 3.05) is 45.1 Å². The highest BCUT2D eigenvalue weighted by molar-refractivity contribution is 7.92. The van der Waals surface area contributed by atoms with Gasteiger partial charge < -0.3 is 24.4 Å². The summed E-state index contributed by atoms with van der Waals surface area (Å²) >= 11 is 0. The third-order valence-electron chi connectivity index (χ3n) is 6.97. The van der Waals surface area contributed by atoms with Gasteiger partial charge in [-0.15, -0.1) is 0 Å². The first-order chi connectivity index (χ1) is 18.9. The van der Waals surface area contributed by atoms with E-state index in [-0.39, 0.29) is 46.8 Å². The Hall–Kier alpha value is -2.73. The third-order valence-corrected chi connectivity index (χ3v) is 8.37. The Bertz CT molecular complexity index is 1220. The number of hydrogen-bond acceptors (Lipinski definition) is 7. The van der Waals surface area contributed by atoms with E-state index in [1.165, 1.54) is 24.3 Å². The second kappa shape index (κ2) is 14.2. The van der Waals surface area contributed by atoms with E-state index in [0.717, 1.165) is 31.4 Å². The summed E-state index contributed by atoms with van der Waals surface area (Å²) in [6.07, 6.45) is 2.19. The number of amides is 1. The fourth-order valence-corrected chi connectivity index (χ4v) is 5.69. The fraction of sp³-hybridized carbons (Fsp3) is 0.552. The molecule has 1 aliphatic heterocycles. The molecule has 222 valence electrons. The van der Waals surface area contributed by atoms with Gasteiger partial charge in [0.25, 0.3) is 15.9 Å². The molecule has 2 aromatic rings. The van der Waals surface area contributed by atoms with Crippen LogP contribution < -0.4 is 9.46 Å². The first-order valence-electron chi connectivity index (χ1n) is 13.7. The summed E-state index contributed by atoms with van der Waals surface area (Å²) < 4.78 is 54.2. The lowest BCUT2D eigenvalue weighted by atomic mass is 10.0. The average Bonchev–Trinajstić information content (AvgIpc) is 2.90. The molecule has 0 bridgehead atoms. The van der Waals surface area contributed by atoms with Crippen LogP contribution in [0, 0.1) is 11.7 Å². The van der Waals surface area contributed by atoms with Gasteiger partial charge in [-0.05, 0) is 89.7 Å². The van der Waals surface area contributed by atoms with Crippen molar-refractivity contribution < 1.29 is 32.2 Å². The van der Waals surface area contributed by atoms with Crippen LogP contribution >= 0.6 is 0 Å². The van der Waals surface area contributed by atoms with Crippen LogP contribution in [0.4, 0.5) is 10.1 Å². The van der Waals surface area contributed by atoms with Crippen LogP contribution in [0.2, 0.25) is 0 Å². The van der Waals surface area contributed by atoms with Gasteiger partial charge in [-0.25, -0.2) is 12.8 Å². The van der Waals surface area contributed by atoms with Crippen LogP contribution in [0.25, 0.3) is 0 Å². The van der Waals surface area contributed by atoms with Crippen molar-refractivity contribution in [1.82, 2.24) is 9.80 Å². The first kappa shape index (κ1) is 31.8. The molecule has 1 amide bonds. The zero-order chi connectivity index (χ0) is 29.4. The number of aliphatic hydroxyl groups is 1. The van der Waals surface area contributed by atoms with Gasteiger partial charge in [0.2, 0.25) is 0 Å². The number of hydrogen-bond donors (Lipinski definition) is 2. The summed E-state index contributed by atoms with van der Waals surface area (Å²) in [6.45, 7) is 7.07. The monoisotopic (exact) mass is 579 g/mol. The van der Waals surface area contributed by atoms with Crippen molar-refractivity contribution in [3.63, 3.8) is 0 Å². The summed E-state index contributed by atoms with van der Waals surface area (Å²) in [4.78, 5) is 17.6. The summed E-state index contributed by atoms with van der Waals surface area (Å²) in [5.74, 6) is -0.651. The van der Waals surface area contributed by atoms with Gasteiger partial charge in [0, 0.05) is 31.3 Å². The number of carbonyl (C=O) groups excluding carboxylic acids is 1. The Morgan fingerprint density at radius 2 is 1.85 bits per heavy atom. The van der Waals surface area contributed by atoms with E-state index in [1.54, 1.807) is 17.9 Å². The molecule has 0 saturated carbocycles. The Balaban J connectivity index is 2.02. The van der Waals surface area contributed by atoms with Gasteiger partial charge in [0.1, 0.15) is 11.6 Å². The quantitative estimate of drug-likeness (QED) is 0.511. The number of aliphatic hydroxyl groups excluding tert-OH is 1. The first-order valence-corrected chi connectivity index (χ1v) is 15.2. The number of halogens is 1. The molecule has 1 heterocycles. The molecular weight excluding hydrogens is 537 g/mol. The van der Waals surface area contributed by atoms with Crippen molar-refractivity contribution in [3.8, 4) is 5.75 Å². The standard InChI is InChI=1S/C29H42FN3O6S/c1-20-17-33(21(2)19-34)29(35)26-16-24(31-40(36,37)25-12-9-23(30)10-13-25)11-14-27(26)39-22(3)8-6-7-15-38-28(20)18-32(4)5/h9-14,16,20-22,28,31,34H,6-8,15,17-19H2,1-5H3/t20-,21+,22-,28-/m0/s1. The molecule has 0 fully saturated rings. The minimum absolute atomic E-state index is 0.0493. The Morgan fingerprint density at radius 3 is 2.50 bits per heavy atom. The molecule has 0 saturated heterocycles. The highest BCUT2D eigenvalue weighted by atomic mass is 32.2. The van der Waals surface area contributed by atoms with Gasteiger partial charge in [-0.2, -0.15) is 0 Å². The van der Waals surface area contributed by atoms with E-state index >= 15 is 0 Å². The Kier molecular flexibility index (Phi) is 11.3. The number of anilines is 1. The van der Waals surface area contributed by atoms with Crippen molar-refractivity contribution >= 4 is 21.6 Å². The zero-order valence-electron chi connectivity index (χ0n) is 24.0. The van der Waals surface area contributed by atoms with E-state index in [4.69, 9.17) is 9.47 Å². The van der Waals surface area contributed by atoms with E-state index in [0.29, 0.717) is 25.4 Å². The number of rotatable bonds is 7. The molecule has 9 nitrogen and oxygen atoms in total. The fourth-order valence-electron chi connectivity index (χ4n) is 4.64. The smallest absolute Gasteiger partial charge is 0.261 e. The molecule has 4 atom stereocenters. The Morgan fingerprint density at radius 1 is 1.15 bits per heavy atom. The number of ether oxygens (including phenoxy) is 2. The number of sulfonamides is 1. The van der Waals surface area contributed by atoms with Crippen molar-refractivity contribution in [2.24, 2.45) is 5.92 Å². The molecular formula is C29H42FN3O6S. The van der Waals surface area contributed by atoms with Crippen LogP contribution in [-0.4, -0.2) is 87.9 Å². The maximum absolute atomic E-state index is 14.1. The molecule has 0 unspecified atom stereocenters. The van der Waals surface area contributed by atoms with Gasteiger partial charge >= 0.3 is 0 Å². The zero-order valence-corrected chi connectivity index (χ0v) is 24.8. The molecule has 2 aromatic carbocycles. The SMILES string of the molecule is C[C@H](CO)N1C[C@H](C)[C@H](CN(C)C)OCCCC[C@H](C)Oc2ccc(NS(=O)(=O)c3ccc(F)cc3)cc2C1=O. The maximum Gasteiger partial charge on any atom is 0.261 e. The summed E-state index contributed by atoms with van der Waals surface area (Å²) in [6, 6.07) is 8.54. The second-order valence-electron chi connectivity index (χ2n) is 10.8. The van der Waals surface area contributed by atoms with Crippen LogP contribution in [0.5, 0.6) is 5.75 Å². The number of nitrogens with one attached hydrogen (secondary N) is 1. The predicted molar refractivity (Wildman–Crippen MR) is 153 cm³/mol. The number of benzene rings is 2. The molecule has 0 spiro atoms. The van der Waals surface area contributed by atoms with Crippen molar-refractivity contribution in [1.29, 1.82) is 0 Å². The van der Waals surface area contributed by atoms with E-state index < -0.39 is 21.9 Å². The highest BCUT2D eigenvalue weighted by Gasteiger charge is 2.30. The maximum atomic E-state index is 14.1. The van der Waals surface area contributed by atoms with Gasteiger partial charge in [-0.3, -0.25) is 9.52 Å². The van der Waals surface area contributed by atoms with Gasteiger partial charge in [-0.1, -0.05) is 6.92 Å². The average molecular weight is 580 g/mol. The van der Waals surface area contributed by atoms with Crippen LogP contribution in [0.3, 0.4) is 0 Å². The molecule has 3 rings (SSSR count). The van der Waals surface area contributed by atoms with E-state index in [9.17, 15) is 22.7 Å². The molecule has 0 aliphatic carbocycles. The lowest BCUT2D eigenvalue weighted by Gasteiger charge is -2.35. The second-order valence-corrected chi connectivity index (χ2v) is 12.5. The summed E-state index contributed by atoms with van der Waals surface area (Å²) in [7, 11) is -0.0862.